The van der Waals surface area contributed by atoms with E-state index in [4.69, 9.17) is 0 Å². The van der Waals surface area contributed by atoms with E-state index in [9.17, 15) is 18.8 Å². The summed E-state index contributed by atoms with van der Waals surface area (Å²) in [5, 5.41) is 0.633. The maximum absolute atomic E-state index is 14.4. The first-order chi connectivity index (χ1) is 15.3. The number of piperazine rings is 1. The first-order valence-electron chi connectivity index (χ1n) is 10.5. The molecule has 4 rings (SSSR count). The molecule has 0 aliphatic carbocycles. The number of Topliss-reactive ketones (excluding diaryl/α,β-unsaturated/α-hetero) is 1. The molecule has 0 spiro atoms. The average molecular weight is 457 g/mol. The minimum atomic E-state index is -0.432. The van der Waals surface area contributed by atoms with E-state index < -0.39 is 5.82 Å². The molecule has 168 valence electrons. The summed E-state index contributed by atoms with van der Waals surface area (Å²) >= 11 is 1.50. The van der Waals surface area contributed by atoms with Gasteiger partial charge in [0.15, 0.2) is 5.78 Å². The molecular weight excluding hydrogens is 431 g/mol. The van der Waals surface area contributed by atoms with Crippen molar-refractivity contribution in [1.29, 1.82) is 0 Å². The molecule has 1 saturated heterocycles. The molecule has 1 aliphatic rings. The third kappa shape index (κ3) is 4.17. The number of carbonyl (C=O) groups excluding carboxylic acids is 2. The van der Waals surface area contributed by atoms with Crippen molar-refractivity contribution in [1.82, 2.24) is 14.5 Å². The molecule has 9 heteroatoms. The number of rotatable bonds is 5. The molecule has 1 fully saturated rings. The smallest absolute Gasteiger partial charge is 0.262 e. The Hall–Kier alpha value is -3.07. The number of thiophene rings is 1. The topological polar surface area (TPSA) is 75.5 Å². The van der Waals surface area contributed by atoms with E-state index in [0.29, 0.717) is 42.8 Å². The summed E-state index contributed by atoms with van der Waals surface area (Å²) in [6, 6.07) is 4.50. The normalized spacial score (nSPS) is 14.2. The average Bonchev–Trinajstić information content (AvgIpc) is 3.07. The van der Waals surface area contributed by atoms with Gasteiger partial charge in [-0.15, -0.1) is 11.3 Å². The van der Waals surface area contributed by atoms with E-state index in [1.165, 1.54) is 35.2 Å². The number of carbonyl (C=O) groups is 2. The summed E-state index contributed by atoms with van der Waals surface area (Å²) in [6.45, 7) is 7.52. The van der Waals surface area contributed by atoms with Crippen LogP contribution in [0.2, 0.25) is 0 Å². The quantitative estimate of drug-likeness (QED) is 0.552. The lowest BCUT2D eigenvalue weighted by molar-refractivity contribution is -0.131. The molecule has 0 bridgehead atoms. The van der Waals surface area contributed by atoms with Crippen LogP contribution >= 0.6 is 11.3 Å². The zero-order valence-corrected chi connectivity index (χ0v) is 19.2. The molecule has 0 radical (unpaired) electrons. The van der Waals surface area contributed by atoms with Gasteiger partial charge in [0.1, 0.15) is 10.6 Å². The SMILES string of the molecule is CC(=O)c1ccc(N2CCN(C(=O)CCn3cnc4sc(C)c(C)c4c3=O)CC2)c(F)c1. The van der Waals surface area contributed by atoms with Crippen molar-refractivity contribution in [2.45, 2.75) is 33.7 Å². The van der Waals surface area contributed by atoms with Crippen LogP contribution in [0.15, 0.2) is 29.3 Å². The minimum absolute atomic E-state index is 0.0396. The van der Waals surface area contributed by atoms with Gasteiger partial charge in [0.25, 0.3) is 5.56 Å². The number of halogens is 1. The van der Waals surface area contributed by atoms with E-state index in [1.54, 1.807) is 17.0 Å². The Morgan fingerprint density at radius 3 is 2.53 bits per heavy atom. The molecular formula is C23H25FN4O3S. The number of hydrogen-bond acceptors (Lipinski definition) is 6. The molecule has 1 aliphatic heterocycles. The lowest BCUT2D eigenvalue weighted by Crippen LogP contribution is -2.49. The number of aromatic nitrogens is 2. The van der Waals surface area contributed by atoms with Crippen LogP contribution in [0, 0.1) is 19.7 Å². The number of benzene rings is 1. The van der Waals surface area contributed by atoms with Gasteiger partial charge in [-0.25, -0.2) is 9.37 Å². The van der Waals surface area contributed by atoms with Crippen molar-refractivity contribution in [3.05, 3.63) is 56.7 Å². The highest BCUT2D eigenvalue weighted by Gasteiger charge is 2.23. The maximum Gasteiger partial charge on any atom is 0.262 e. The highest BCUT2D eigenvalue weighted by molar-refractivity contribution is 7.18. The Kier molecular flexibility index (Phi) is 6.10. The molecule has 32 heavy (non-hydrogen) atoms. The van der Waals surface area contributed by atoms with Crippen molar-refractivity contribution in [3.8, 4) is 0 Å². The van der Waals surface area contributed by atoms with Gasteiger partial charge < -0.3 is 9.80 Å². The lowest BCUT2D eigenvalue weighted by atomic mass is 10.1. The third-order valence-corrected chi connectivity index (χ3v) is 7.16. The van der Waals surface area contributed by atoms with Crippen molar-refractivity contribution in [2.24, 2.45) is 0 Å². The van der Waals surface area contributed by atoms with Crippen LogP contribution in [0.25, 0.3) is 10.2 Å². The Labute approximate surface area is 189 Å². The van der Waals surface area contributed by atoms with Crippen molar-refractivity contribution in [3.63, 3.8) is 0 Å². The fourth-order valence-corrected chi connectivity index (χ4v) is 4.97. The molecule has 1 aromatic carbocycles. The van der Waals surface area contributed by atoms with Crippen LogP contribution in [0.4, 0.5) is 10.1 Å². The van der Waals surface area contributed by atoms with Gasteiger partial charge in [-0.3, -0.25) is 19.0 Å². The number of hydrogen-bond donors (Lipinski definition) is 0. The van der Waals surface area contributed by atoms with E-state index >= 15 is 0 Å². The zero-order valence-electron chi connectivity index (χ0n) is 18.4. The van der Waals surface area contributed by atoms with Crippen LogP contribution < -0.4 is 10.5 Å². The monoisotopic (exact) mass is 456 g/mol. The van der Waals surface area contributed by atoms with E-state index in [2.05, 4.69) is 4.98 Å². The summed E-state index contributed by atoms with van der Waals surface area (Å²) < 4.78 is 15.9. The summed E-state index contributed by atoms with van der Waals surface area (Å²) in [7, 11) is 0. The highest BCUT2D eigenvalue weighted by atomic mass is 32.1. The van der Waals surface area contributed by atoms with Crippen molar-refractivity contribution >= 4 is 38.9 Å². The first-order valence-corrected chi connectivity index (χ1v) is 11.4. The fourth-order valence-electron chi connectivity index (χ4n) is 3.98. The number of anilines is 1. The van der Waals surface area contributed by atoms with Gasteiger partial charge in [0, 0.05) is 49.6 Å². The standard InChI is InChI=1S/C23H25FN4O3S/c1-14-16(3)32-22-21(14)23(31)28(13-25-22)7-6-20(30)27-10-8-26(9-11-27)19-5-4-17(15(2)29)12-18(19)24/h4-5,12-13H,6-11H2,1-3H3. The summed E-state index contributed by atoms with van der Waals surface area (Å²) in [4.78, 5) is 46.7. The first kappa shape index (κ1) is 22.1. The number of nitrogens with zero attached hydrogens (tertiary/aromatic N) is 4. The van der Waals surface area contributed by atoms with Crippen LogP contribution in [0.3, 0.4) is 0 Å². The largest absolute Gasteiger partial charge is 0.366 e. The number of aryl methyl sites for hydroxylation is 3. The van der Waals surface area contributed by atoms with Crippen LogP contribution in [0.5, 0.6) is 0 Å². The van der Waals surface area contributed by atoms with Gasteiger partial charge in [-0.2, -0.15) is 0 Å². The predicted molar refractivity (Wildman–Crippen MR) is 123 cm³/mol. The molecule has 3 aromatic rings. The lowest BCUT2D eigenvalue weighted by Gasteiger charge is -2.36. The number of amides is 1. The Bertz CT molecular complexity index is 1260. The van der Waals surface area contributed by atoms with Crippen molar-refractivity contribution < 1.29 is 14.0 Å². The molecule has 0 unspecified atom stereocenters. The maximum atomic E-state index is 14.4. The molecule has 0 N–H and O–H groups in total. The van der Waals surface area contributed by atoms with Crippen LogP contribution in [-0.2, 0) is 11.3 Å². The van der Waals surface area contributed by atoms with Gasteiger partial charge in [-0.1, -0.05) is 0 Å². The third-order valence-electron chi connectivity index (χ3n) is 6.05. The van der Waals surface area contributed by atoms with E-state index in [0.717, 1.165) is 15.3 Å². The highest BCUT2D eigenvalue weighted by Crippen LogP contribution is 2.25. The molecule has 0 saturated carbocycles. The Morgan fingerprint density at radius 1 is 1.16 bits per heavy atom. The summed E-state index contributed by atoms with van der Waals surface area (Å²) in [6.07, 6.45) is 1.72. The second kappa shape index (κ2) is 8.82. The van der Waals surface area contributed by atoms with Crippen molar-refractivity contribution in [2.75, 3.05) is 31.1 Å². The molecule has 7 nitrogen and oxygen atoms in total. The van der Waals surface area contributed by atoms with Gasteiger partial charge in [0.2, 0.25) is 5.91 Å². The van der Waals surface area contributed by atoms with Gasteiger partial charge in [0.05, 0.1) is 17.4 Å². The molecule has 0 atom stereocenters. The Morgan fingerprint density at radius 2 is 1.88 bits per heavy atom. The van der Waals surface area contributed by atoms with Crippen LogP contribution in [-0.4, -0.2) is 52.3 Å². The molecule has 2 aromatic heterocycles. The Balaban J connectivity index is 1.37. The predicted octanol–water partition coefficient (Wildman–Crippen LogP) is 3.16. The number of fused-ring (bicyclic) bond motifs is 1. The zero-order chi connectivity index (χ0) is 23.0. The van der Waals surface area contributed by atoms with Crippen LogP contribution in [0.1, 0.15) is 34.1 Å². The van der Waals surface area contributed by atoms with Gasteiger partial charge in [-0.05, 0) is 44.5 Å². The molecule has 1 amide bonds. The second-order valence-corrected chi connectivity index (χ2v) is 9.25. The second-order valence-electron chi connectivity index (χ2n) is 8.05. The summed E-state index contributed by atoms with van der Waals surface area (Å²) in [5.41, 5.74) is 1.62. The van der Waals surface area contributed by atoms with E-state index in [-0.39, 0.29) is 30.2 Å². The molecule has 3 heterocycles. The van der Waals surface area contributed by atoms with Gasteiger partial charge >= 0.3 is 0 Å². The number of ketones is 1. The van der Waals surface area contributed by atoms with E-state index in [1.807, 2.05) is 18.7 Å². The summed E-state index contributed by atoms with van der Waals surface area (Å²) in [5.74, 6) is -0.649. The minimum Gasteiger partial charge on any atom is -0.366 e. The fraction of sp³-hybridized carbons (Fsp3) is 0.391.